The first-order valence-electron chi connectivity index (χ1n) is 7.34. The fraction of sp³-hybridized carbons (Fsp3) is 0.235. The lowest BCUT2D eigenvalue weighted by Gasteiger charge is -2.30. The largest absolute Gasteiger partial charge is 0.467 e. The number of carbonyl (C=O) groups is 1. The van der Waals surface area contributed by atoms with E-state index in [9.17, 15) is 9.59 Å². The summed E-state index contributed by atoms with van der Waals surface area (Å²) in [4.78, 5) is 28.4. The predicted octanol–water partition coefficient (Wildman–Crippen LogP) is 3.02. The number of nitrogens with one attached hydrogen (secondary N) is 1. The summed E-state index contributed by atoms with van der Waals surface area (Å²) in [6, 6.07) is 5.20. The van der Waals surface area contributed by atoms with E-state index < -0.39 is 5.60 Å². The van der Waals surface area contributed by atoms with E-state index >= 15 is 0 Å². The Morgan fingerprint density at radius 2 is 2.17 bits per heavy atom. The number of amides is 1. The fourth-order valence-corrected chi connectivity index (χ4v) is 2.99. The minimum Gasteiger partial charge on any atom is -0.467 e. The first-order valence-corrected chi connectivity index (χ1v) is 8.13. The van der Waals surface area contributed by atoms with E-state index in [1.807, 2.05) is 26.0 Å². The van der Waals surface area contributed by atoms with E-state index in [-0.39, 0.29) is 17.2 Å². The summed E-state index contributed by atoms with van der Waals surface area (Å²) < 4.78 is 8.01. The molecule has 0 unspecified atom stereocenters. The molecule has 3 rings (SSSR count). The number of ether oxygens (including phenoxy) is 1. The number of pyridine rings is 2. The van der Waals surface area contributed by atoms with Crippen LogP contribution >= 0.6 is 15.9 Å². The summed E-state index contributed by atoms with van der Waals surface area (Å²) in [7, 11) is 0. The first-order chi connectivity index (χ1) is 11.3. The molecule has 6 nitrogen and oxygen atoms in total. The van der Waals surface area contributed by atoms with Crippen molar-refractivity contribution in [2.24, 2.45) is 0 Å². The Kier molecular flexibility index (Phi) is 4.04. The van der Waals surface area contributed by atoms with Gasteiger partial charge in [-0.2, -0.15) is 0 Å². The number of fused-ring (bicyclic) bond motifs is 1. The minimum absolute atomic E-state index is 0.201. The zero-order chi connectivity index (χ0) is 17.5. The van der Waals surface area contributed by atoms with Gasteiger partial charge in [-0.3, -0.25) is 14.2 Å². The molecule has 124 valence electrons. The monoisotopic (exact) mass is 389 g/mol. The second-order valence-corrected chi connectivity index (χ2v) is 6.94. The molecular formula is C17H16BrN3O3. The number of anilines is 1. The maximum atomic E-state index is 12.8. The number of halogens is 1. The van der Waals surface area contributed by atoms with Gasteiger partial charge in [-0.15, -0.1) is 0 Å². The van der Waals surface area contributed by atoms with Crippen molar-refractivity contribution < 1.29 is 9.53 Å². The molecule has 1 aliphatic rings. The zero-order valence-corrected chi connectivity index (χ0v) is 15.0. The van der Waals surface area contributed by atoms with Crippen LogP contribution in [0.25, 0.3) is 5.70 Å². The van der Waals surface area contributed by atoms with E-state index in [4.69, 9.17) is 4.74 Å². The van der Waals surface area contributed by atoms with Gasteiger partial charge >= 0.3 is 0 Å². The van der Waals surface area contributed by atoms with E-state index in [0.29, 0.717) is 21.6 Å². The van der Waals surface area contributed by atoms with Crippen molar-refractivity contribution in [2.45, 2.75) is 26.4 Å². The Morgan fingerprint density at radius 3 is 2.88 bits per heavy atom. The Balaban J connectivity index is 2.24. The number of hydrogen-bond donors (Lipinski definition) is 1. The zero-order valence-electron chi connectivity index (χ0n) is 13.5. The molecule has 2 aromatic heterocycles. The minimum atomic E-state index is -0.618. The summed E-state index contributed by atoms with van der Waals surface area (Å²) in [6.45, 7) is 5.14. The fourth-order valence-electron chi connectivity index (χ4n) is 2.56. The van der Waals surface area contributed by atoms with Gasteiger partial charge in [-0.05, 0) is 54.1 Å². The van der Waals surface area contributed by atoms with Gasteiger partial charge in [0.15, 0.2) is 0 Å². The topological polar surface area (TPSA) is 73.2 Å². The van der Waals surface area contributed by atoms with Crippen molar-refractivity contribution in [3.05, 3.63) is 57.1 Å². The summed E-state index contributed by atoms with van der Waals surface area (Å²) >= 11 is 3.39. The number of hydrogen-bond acceptors (Lipinski definition) is 4. The van der Waals surface area contributed by atoms with Gasteiger partial charge in [-0.1, -0.05) is 0 Å². The van der Waals surface area contributed by atoms with Gasteiger partial charge in [-0.25, -0.2) is 4.98 Å². The van der Waals surface area contributed by atoms with Gasteiger partial charge in [0.05, 0.1) is 11.3 Å². The molecule has 0 saturated carbocycles. The standard InChI is InChI=1S/C17H16BrN3O3/c1-10(22)20-13-7-11(18)9-21(16(13)23)14-8-17(2,3)24-15-12(14)5-4-6-19-15/h4-9H,1-3H3,(H,20,22). The molecule has 1 amide bonds. The van der Waals surface area contributed by atoms with Crippen LogP contribution in [0.3, 0.4) is 0 Å². The van der Waals surface area contributed by atoms with Crippen LogP contribution in [-0.2, 0) is 4.79 Å². The summed E-state index contributed by atoms with van der Waals surface area (Å²) in [5, 5.41) is 2.56. The van der Waals surface area contributed by atoms with Crippen molar-refractivity contribution in [1.82, 2.24) is 9.55 Å². The highest BCUT2D eigenvalue weighted by Crippen LogP contribution is 2.34. The van der Waals surface area contributed by atoms with Gasteiger partial charge in [0.25, 0.3) is 5.56 Å². The molecule has 7 heteroatoms. The van der Waals surface area contributed by atoms with Crippen LogP contribution in [0.5, 0.6) is 5.88 Å². The van der Waals surface area contributed by atoms with E-state index in [0.717, 1.165) is 0 Å². The van der Waals surface area contributed by atoms with Crippen LogP contribution in [0.2, 0.25) is 0 Å². The predicted molar refractivity (Wildman–Crippen MR) is 95.0 cm³/mol. The highest BCUT2D eigenvalue weighted by Gasteiger charge is 2.29. The molecule has 0 radical (unpaired) electrons. The third-order valence-electron chi connectivity index (χ3n) is 3.45. The maximum absolute atomic E-state index is 12.8. The average Bonchev–Trinajstić information content (AvgIpc) is 2.48. The molecule has 0 aromatic carbocycles. The highest BCUT2D eigenvalue weighted by molar-refractivity contribution is 9.10. The molecule has 0 aliphatic carbocycles. The number of carbonyl (C=O) groups excluding carboxylic acids is 1. The summed E-state index contributed by atoms with van der Waals surface area (Å²) in [5.74, 6) is 0.160. The molecule has 0 fully saturated rings. The quantitative estimate of drug-likeness (QED) is 0.856. The third kappa shape index (κ3) is 3.12. The van der Waals surface area contributed by atoms with Crippen LogP contribution in [0.15, 0.2) is 45.9 Å². The molecule has 1 aliphatic heterocycles. The van der Waals surface area contributed by atoms with Crippen LogP contribution in [-0.4, -0.2) is 21.1 Å². The lowest BCUT2D eigenvalue weighted by molar-refractivity contribution is -0.114. The van der Waals surface area contributed by atoms with Crippen molar-refractivity contribution in [2.75, 3.05) is 5.32 Å². The second kappa shape index (κ2) is 5.90. The van der Waals surface area contributed by atoms with Gasteiger partial charge in [0.1, 0.15) is 11.3 Å². The van der Waals surface area contributed by atoms with E-state index in [1.165, 1.54) is 11.5 Å². The van der Waals surface area contributed by atoms with Crippen molar-refractivity contribution in [3.63, 3.8) is 0 Å². The Morgan fingerprint density at radius 1 is 1.42 bits per heavy atom. The molecule has 24 heavy (non-hydrogen) atoms. The molecule has 0 saturated heterocycles. The van der Waals surface area contributed by atoms with Crippen LogP contribution in [0.1, 0.15) is 26.3 Å². The Labute approximate surface area is 147 Å². The van der Waals surface area contributed by atoms with Crippen molar-refractivity contribution in [1.29, 1.82) is 0 Å². The van der Waals surface area contributed by atoms with Gasteiger partial charge in [0, 0.05) is 23.8 Å². The number of aromatic nitrogens is 2. The number of nitrogens with zero attached hydrogens (tertiary/aromatic N) is 2. The normalized spacial score (nSPS) is 15.1. The van der Waals surface area contributed by atoms with E-state index in [2.05, 4.69) is 26.2 Å². The highest BCUT2D eigenvalue weighted by atomic mass is 79.9. The lowest BCUT2D eigenvalue weighted by atomic mass is 10.0. The maximum Gasteiger partial charge on any atom is 0.278 e. The SMILES string of the molecule is CC(=O)Nc1cc(Br)cn(C2=CC(C)(C)Oc3ncccc32)c1=O. The van der Waals surface area contributed by atoms with E-state index in [1.54, 1.807) is 24.5 Å². The smallest absolute Gasteiger partial charge is 0.278 e. The van der Waals surface area contributed by atoms with Crippen molar-refractivity contribution >= 4 is 33.2 Å². The third-order valence-corrected chi connectivity index (χ3v) is 3.88. The lowest BCUT2D eigenvalue weighted by Crippen LogP contribution is -2.33. The second-order valence-electron chi connectivity index (χ2n) is 6.02. The molecular weight excluding hydrogens is 374 g/mol. The molecule has 1 N–H and O–H groups in total. The van der Waals surface area contributed by atoms with Crippen LogP contribution < -0.4 is 15.6 Å². The van der Waals surface area contributed by atoms with Gasteiger partial charge in [0.2, 0.25) is 11.8 Å². The van der Waals surface area contributed by atoms with Gasteiger partial charge < -0.3 is 10.1 Å². The first kappa shape index (κ1) is 16.4. The molecule has 0 atom stereocenters. The Bertz CT molecular complexity index is 916. The molecule has 3 heterocycles. The van der Waals surface area contributed by atoms with Crippen LogP contribution in [0.4, 0.5) is 5.69 Å². The Hall–Kier alpha value is -2.41. The molecule has 0 bridgehead atoms. The molecule has 2 aromatic rings. The van der Waals surface area contributed by atoms with Crippen LogP contribution in [0, 0.1) is 0 Å². The average molecular weight is 390 g/mol. The number of rotatable bonds is 2. The molecule has 0 spiro atoms. The van der Waals surface area contributed by atoms with Crippen molar-refractivity contribution in [3.8, 4) is 5.88 Å². The summed E-state index contributed by atoms with van der Waals surface area (Å²) in [6.07, 6.45) is 5.17. The summed E-state index contributed by atoms with van der Waals surface area (Å²) in [5.41, 5.74) is 0.629.